The van der Waals surface area contributed by atoms with Gasteiger partial charge in [0.15, 0.2) is 5.78 Å². The van der Waals surface area contributed by atoms with Crippen molar-refractivity contribution in [1.29, 1.82) is 0 Å². The van der Waals surface area contributed by atoms with Crippen molar-refractivity contribution in [2.24, 2.45) is 0 Å². The average molecular weight is 425 g/mol. The summed E-state index contributed by atoms with van der Waals surface area (Å²) in [6.45, 7) is 1.14. The number of hydrogen-bond donors (Lipinski definition) is 0. The molecular weight excluding hydrogens is 408 g/mol. The second-order valence-electron chi connectivity index (χ2n) is 5.86. The molecule has 0 fully saturated rings. The molecule has 0 unspecified atom stereocenters. The number of carbonyl (C=O) groups is 2. The summed E-state index contributed by atoms with van der Waals surface area (Å²) in [5.41, 5.74) is 3.34. The highest BCUT2D eigenvalue weighted by Crippen LogP contribution is 2.26. The Morgan fingerprint density at radius 1 is 1.11 bits per heavy atom. The molecule has 3 rings (SSSR count). The summed E-state index contributed by atoms with van der Waals surface area (Å²) < 4.78 is 7.60. The molecule has 136 valence electrons. The van der Waals surface area contributed by atoms with Crippen molar-refractivity contribution in [2.75, 3.05) is 6.61 Å². The molecule has 27 heavy (non-hydrogen) atoms. The van der Waals surface area contributed by atoms with Gasteiger partial charge < -0.3 is 4.74 Å². The highest BCUT2D eigenvalue weighted by Gasteiger charge is 2.11. The number of benzene rings is 2. The predicted molar refractivity (Wildman–Crippen MR) is 107 cm³/mol. The van der Waals surface area contributed by atoms with E-state index >= 15 is 0 Å². The third-order valence-corrected chi connectivity index (χ3v) is 4.23. The lowest BCUT2D eigenvalue weighted by atomic mass is 10.1. The van der Waals surface area contributed by atoms with Crippen molar-refractivity contribution in [3.05, 3.63) is 76.9 Å². The van der Waals surface area contributed by atoms with Crippen LogP contribution in [0.3, 0.4) is 0 Å². The van der Waals surface area contributed by atoms with E-state index in [0.29, 0.717) is 0 Å². The number of Topliss-reactive ketones (excluding diaryl/α,β-unsaturated/α-hetero) is 1. The third kappa shape index (κ3) is 5.01. The van der Waals surface area contributed by atoms with Gasteiger partial charge in [-0.15, -0.1) is 0 Å². The zero-order chi connectivity index (χ0) is 19.2. The van der Waals surface area contributed by atoms with Gasteiger partial charge in [-0.1, -0.05) is 46.3 Å². The maximum atomic E-state index is 11.8. The van der Waals surface area contributed by atoms with E-state index in [-0.39, 0.29) is 12.4 Å². The summed E-state index contributed by atoms with van der Waals surface area (Å²) >= 11 is 3.43. The van der Waals surface area contributed by atoms with Gasteiger partial charge in [0.2, 0.25) is 0 Å². The van der Waals surface area contributed by atoms with E-state index in [1.807, 2.05) is 60.8 Å². The molecule has 0 bridgehead atoms. The Morgan fingerprint density at radius 2 is 1.81 bits per heavy atom. The van der Waals surface area contributed by atoms with Crippen LogP contribution >= 0.6 is 15.9 Å². The summed E-state index contributed by atoms with van der Waals surface area (Å²) in [5, 5.41) is 4.68. The molecule has 0 aliphatic heterocycles. The molecule has 3 aromatic rings. The van der Waals surface area contributed by atoms with E-state index in [0.717, 1.165) is 27.0 Å². The van der Waals surface area contributed by atoms with Crippen molar-refractivity contribution in [3.8, 4) is 16.9 Å². The Labute approximate surface area is 165 Å². The normalized spacial score (nSPS) is 10.9. The Morgan fingerprint density at radius 3 is 2.48 bits per heavy atom. The largest absolute Gasteiger partial charge is 0.455 e. The SMILES string of the molecule is CC(=O)COC(=O)C=Cc1cn(-c2ccccc2)nc1-c1ccc(Br)cc1. The predicted octanol–water partition coefficient (Wildman–Crippen LogP) is 4.45. The standard InChI is InChI=1S/C21H17BrN2O3/c1-15(25)14-27-20(26)12-9-17-13-24(19-5-3-2-4-6-19)23-21(17)16-7-10-18(22)11-8-16/h2-13H,14H2,1H3. The topological polar surface area (TPSA) is 61.2 Å². The van der Waals surface area contributed by atoms with Crippen LogP contribution in [0.1, 0.15) is 12.5 Å². The fourth-order valence-corrected chi connectivity index (χ4v) is 2.70. The summed E-state index contributed by atoms with van der Waals surface area (Å²) in [6, 6.07) is 17.5. The highest BCUT2D eigenvalue weighted by atomic mass is 79.9. The van der Waals surface area contributed by atoms with Gasteiger partial charge in [-0.3, -0.25) is 4.79 Å². The number of ether oxygens (including phenoxy) is 1. The van der Waals surface area contributed by atoms with Crippen LogP contribution in [-0.4, -0.2) is 28.1 Å². The molecule has 0 aliphatic rings. The van der Waals surface area contributed by atoms with Gasteiger partial charge in [0, 0.05) is 27.9 Å². The summed E-state index contributed by atoms with van der Waals surface area (Å²) in [5.74, 6) is -0.774. The fraction of sp³-hybridized carbons (Fsp3) is 0.0952. The van der Waals surface area contributed by atoms with Gasteiger partial charge in [-0.05, 0) is 37.3 Å². The van der Waals surface area contributed by atoms with E-state index in [1.165, 1.54) is 13.0 Å². The zero-order valence-corrected chi connectivity index (χ0v) is 16.2. The van der Waals surface area contributed by atoms with Crippen LogP contribution < -0.4 is 0 Å². The summed E-state index contributed by atoms with van der Waals surface area (Å²) in [4.78, 5) is 22.7. The number of rotatable bonds is 6. The van der Waals surface area contributed by atoms with Gasteiger partial charge in [0.25, 0.3) is 0 Å². The Balaban J connectivity index is 1.95. The number of aromatic nitrogens is 2. The minimum absolute atomic E-state index is 0.204. The van der Waals surface area contributed by atoms with Crippen molar-refractivity contribution < 1.29 is 14.3 Å². The first-order valence-electron chi connectivity index (χ1n) is 8.28. The van der Waals surface area contributed by atoms with E-state index < -0.39 is 5.97 Å². The van der Waals surface area contributed by atoms with Gasteiger partial charge in [-0.2, -0.15) is 5.10 Å². The van der Waals surface area contributed by atoms with Crippen LogP contribution in [0.25, 0.3) is 23.0 Å². The van der Waals surface area contributed by atoms with Crippen LogP contribution in [0, 0.1) is 0 Å². The highest BCUT2D eigenvalue weighted by molar-refractivity contribution is 9.10. The maximum absolute atomic E-state index is 11.8. The number of halogens is 1. The summed E-state index contributed by atoms with van der Waals surface area (Å²) in [6.07, 6.45) is 4.80. The van der Waals surface area contributed by atoms with E-state index in [2.05, 4.69) is 21.0 Å². The van der Waals surface area contributed by atoms with Crippen LogP contribution in [0.15, 0.2) is 71.3 Å². The number of para-hydroxylation sites is 1. The molecular formula is C21H17BrN2O3. The Bertz CT molecular complexity index is 976. The van der Waals surface area contributed by atoms with Gasteiger partial charge in [0.05, 0.1) is 11.4 Å². The van der Waals surface area contributed by atoms with Gasteiger partial charge in [-0.25, -0.2) is 9.48 Å². The molecule has 0 spiro atoms. The number of hydrogen-bond acceptors (Lipinski definition) is 4. The number of nitrogens with zero attached hydrogens (tertiary/aromatic N) is 2. The molecule has 0 atom stereocenters. The second kappa shape index (κ2) is 8.60. The van der Waals surface area contributed by atoms with Crippen molar-refractivity contribution in [1.82, 2.24) is 9.78 Å². The fourth-order valence-electron chi connectivity index (χ4n) is 2.43. The lowest BCUT2D eigenvalue weighted by Gasteiger charge is -2.01. The molecule has 0 saturated carbocycles. The Kier molecular flexibility index (Phi) is 5.98. The van der Waals surface area contributed by atoms with E-state index in [4.69, 9.17) is 4.74 Å². The first-order chi connectivity index (χ1) is 13.0. The first kappa shape index (κ1) is 18.8. The molecule has 6 heteroatoms. The lowest BCUT2D eigenvalue weighted by Crippen LogP contribution is -2.08. The van der Waals surface area contributed by atoms with Crippen LogP contribution in [0.5, 0.6) is 0 Å². The minimum Gasteiger partial charge on any atom is -0.455 e. The molecule has 2 aromatic carbocycles. The van der Waals surface area contributed by atoms with Crippen LogP contribution in [0.2, 0.25) is 0 Å². The zero-order valence-electron chi connectivity index (χ0n) is 14.6. The van der Waals surface area contributed by atoms with Crippen LogP contribution in [0.4, 0.5) is 0 Å². The smallest absolute Gasteiger partial charge is 0.331 e. The molecule has 5 nitrogen and oxygen atoms in total. The van der Waals surface area contributed by atoms with Crippen molar-refractivity contribution in [3.63, 3.8) is 0 Å². The molecule has 0 N–H and O–H groups in total. The monoisotopic (exact) mass is 424 g/mol. The van der Waals surface area contributed by atoms with Gasteiger partial charge >= 0.3 is 5.97 Å². The molecule has 0 aliphatic carbocycles. The molecule has 0 saturated heterocycles. The molecule has 1 heterocycles. The van der Waals surface area contributed by atoms with E-state index in [1.54, 1.807) is 10.8 Å². The number of carbonyl (C=O) groups excluding carboxylic acids is 2. The Hall–Kier alpha value is -2.99. The average Bonchev–Trinajstić information content (AvgIpc) is 3.10. The third-order valence-electron chi connectivity index (χ3n) is 3.70. The molecule has 0 amide bonds. The first-order valence-corrected chi connectivity index (χ1v) is 9.07. The van der Waals surface area contributed by atoms with Crippen molar-refractivity contribution in [2.45, 2.75) is 6.92 Å². The molecule has 0 radical (unpaired) electrons. The molecule has 1 aromatic heterocycles. The number of ketones is 1. The summed E-state index contributed by atoms with van der Waals surface area (Å²) in [7, 11) is 0. The van der Waals surface area contributed by atoms with Gasteiger partial charge in [0.1, 0.15) is 6.61 Å². The quantitative estimate of drug-likeness (QED) is 0.433. The minimum atomic E-state index is -0.570. The number of esters is 1. The van der Waals surface area contributed by atoms with Crippen LogP contribution in [-0.2, 0) is 14.3 Å². The second-order valence-corrected chi connectivity index (χ2v) is 6.78. The lowest BCUT2D eigenvalue weighted by molar-refractivity contribution is -0.142. The maximum Gasteiger partial charge on any atom is 0.331 e. The van der Waals surface area contributed by atoms with E-state index in [9.17, 15) is 9.59 Å². The van der Waals surface area contributed by atoms with Crippen molar-refractivity contribution >= 4 is 33.8 Å².